The van der Waals surface area contributed by atoms with E-state index in [2.05, 4.69) is 26.0 Å². The van der Waals surface area contributed by atoms with Gasteiger partial charge in [-0.05, 0) is 36.8 Å². The van der Waals surface area contributed by atoms with E-state index in [1.165, 1.54) is 5.56 Å². The van der Waals surface area contributed by atoms with Crippen molar-refractivity contribution in [1.82, 2.24) is 0 Å². The minimum Gasteiger partial charge on any atom is -0.496 e. The number of hydrogen-bond donors (Lipinski definition) is 0. The molecule has 16 heavy (non-hydrogen) atoms. The second-order valence-corrected chi connectivity index (χ2v) is 5.88. The van der Waals surface area contributed by atoms with Crippen LogP contribution in [0.1, 0.15) is 32.8 Å². The lowest BCUT2D eigenvalue weighted by molar-refractivity contribution is 0.323. The number of ether oxygens (including phenoxy) is 1. The summed E-state index contributed by atoms with van der Waals surface area (Å²) in [7, 11) is 1.72. The van der Waals surface area contributed by atoms with Gasteiger partial charge in [-0.2, -0.15) is 0 Å². The molecule has 0 aliphatic rings. The molecule has 0 spiro atoms. The quantitative estimate of drug-likeness (QED) is 0.698. The van der Waals surface area contributed by atoms with Crippen molar-refractivity contribution in [3.8, 4) is 5.75 Å². The molecule has 0 saturated heterocycles. The van der Waals surface area contributed by atoms with Crippen LogP contribution in [0.4, 0.5) is 0 Å². The van der Waals surface area contributed by atoms with Crippen LogP contribution in [0.3, 0.4) is 0 Å². The summed E-state index contributed by atoms with van der Waals surface area (Å²) in [4.78, 5) is 0. The first-order chi connectivity index (χ1) is 7.44. The SMILES string of the molecule is COc1ccccc1CC(C)(C)CC(C)Cl. The normalized spacial score (nSPS) is 13.6. The predicted octanol–water partition coefficient (Wildman–Crippen LogP) is 4.28. The summed E-state index contributed by atoms with van der Waals surface area (Å²) in [5.74, 6) is 0.970. The van der Waals surface area contributed by atoms with E-state index in [1.807, 2.05) is 19.1 Å². The number of hydrogen-bond acceptors (Lipinski definition) is 1. The molecule has 1 aromatic carbocycles. The topological polar surface area (TPSA) is 9.23 Å². The molecule has 1 unspecified atom stereocenters. The molecule has 1 nitrogen and oxygen atoms in total. The smallest absolute Gasteiger partial charge is 0.122 e. The lowest BCUT2D eigenvalue weighted by Gasteiger charge is -2.26. The Morgan fingerprint density at radius 3 is 2.50 bits per heavy atom. The highest BCUT2D eigenvalue weighted by Crippen LogP contribution is 2.32. The lowest BCUT2D eigenvalue weighted by Crippen LogP contribution is -2.19. The summed E-state index contributed by atoms with van der Waals surface area (Å²) in [5, 5.41) is 0.213. The molecule has 0 bridgehead atoms. The molecule has 2 heteroatoms. The van der Waals surface area contributed by atoms with Crippen LogP contribution in [0.25, 0.3) is 0 Å². The fourth-order valence-electron chi connectivity index (χ4n) is 2.20. The number of alkyl halides is 1. The highest BCUT2D eigenvalue weighted by atomic mass is 35.5. The third-order valence-electron chi connectivity index (χ3n) is 2.70. The Kier molecular flexibility index (Phi) is 4.67. The lowest BCUT2D eigenvalue weighted by atomic mass is 9.81. The summed E-state index contributed by atoms with van der Waals surface area (Å²) in [5.41, 5.74) is 1.46. The van der Waals surface area contributed by atoms with Crippen molar-refractivity contribution < 1.29 is 4.74 Å². The summed E-state index contributed by atoms with van der Waals surface area (Å²) in [6, 6.07) is 8.19. The Morgan fingerprint density at radius 1 is 1.31 bits per heavy atom. The largest absolute Gasteiger partial charge is 0.496 e. The van der Waals surface area contributed by atoms with Crippen LogP contribution in [0.5, 0.6) is 5.75 Å². The molecule has 1 aromatic rings. The van der Waals surface area contributed by atoms with E-state index in [-0.39, 0.29) is 10.8 Å². The van der Waals surface area contributed by atoms with E-state index < -0.39 is 0 Å². The monoisotopic (exact) mass is 240 g/mol. The molecule has 0 heterocycles. The number of halogens is 1. The van der Waals surface area contributed by atoms with Crippen LogP contribution in [0.2, 0.25) is 0 Å². The zero-order valence-electron chi connectivity index (χ0n) is 10.6. The maximum Gasteiger partial charge on any atom is 0.122 e. The van der Waals surface area contributed by atoms with E-state index >= 15 is 0 Å². The van der Waals surface area contributed by atoms with Crippen molar-refractivity contribution in [1.29, 1.82) is 0 Å². The number of benzene rings is 1. The molecule has 90 valence electrons. The highest BCUT2D eigenvalue weighted by Gasteiger charge is 2.22. The molecule has 0 aliphatic heterocycles. The van der Waals surface area contributed by atoms with Crippen molar-refractivity contribution in [2.75, 3.05) is 7.11 Å². The fraction of sp³-hybridized carbons (Fsp3) is 0.571. The summed E-state index contributed by atoms with van der Waals surface area (Å²) < 4.78 is 5.36. The van der Waals surface area contributed by atoms with Gasteiger partial charge in [0.05, 0.1) is 7.11 Å². The summed E-state index contributed by atoms with van der Waals surface area (Å²) in [6.45, 7) is 6.54. The number of para-hydroxylation sites is 1. The van der Waals surface area contributed by atoms with Gasteiger partial charge in [-0.25, -0.2) is 0 Å². The van der Waals surface area contributed by atoms with Crippen molar-refractivity contribution in [3.05, 3.63) is 29.8 Å². The van der Waals surface area contributed by atoms with Crippen molar-refractivity contribution in [2.24, 2.45) is 5.41 Å². The van der Waals surface area contributed by atoms with Crippen LogP contribution in [0, 0.1) is 5.41 Å². The van der Waals surface area contributed by atoms with Crippen LogP contribution in [0.15, 0.2) is 24.3 Å². The molecule has 0 radical (unpaired) electrons. The molecule has 1 atom stereocenters. The average Bonchev–Trinajstić information content (AvgIpc) is 2.15. The Labute approximate surface area is 104 Å². The van der Waals surface area contributed by atoms with E-state index in [4.69, 9.17) is 16.3 Å². The van der Waals surface area contributed by atoms with E-state index in [9.17, 15) is 0 Å². The van der Waals surface area contributed by atoms with E-state index in [1.54, 1.807) is 7.11 Å². The van der Waals surface area contributed by atoms with Gasteiger partial charge < -0.3 is 4.74 Å². The van der Waals surface area contributed by atoms with Crippen molar-refractivity contribution in [3.63, 3.8) is 0 Å². The molecule has 0 aliphatic carbocycles. The summed E-state index contributed by atoms with van der Waals surface area (Å²) >= 11 is 6.07. The van der Waals surface area contributed by atoms with Crippen molar-refractivity contribution >= 4 is 11.6 Å². The zero-order chi connectivity index (χ0) is 12.2. The second-order valence-electron chi connectivity index (χ2n) is 5.14. The van der Waals surface area contributed by atoms with Crippen LogP contribution in [-0.2, 0) is 6.42 Å². The zero-order valence-corrected chi connectivity index (χ0v) is 11.3. The molecule has 0 saturated carbocycles. The van der Waals surface area contributed by atoms with Gasteiger partial charge >= 0.3 is 0 Å². The first kappa shape index (κ1) is 13.4. The minimum atomic E-state index is 0.204. The van der Waals surface area contributed by atoms with Crippen LogP contribution in [-0.4, -0.2) is 12.5 Å². The molecule has 0 aromatic heterocycles. The van der Waals surface area contributed by atoms with E-state index in [0.29, 0.717) is 0 Å². The molecule has 1 rings (SSSR count). The molecule has 0 amide bonds. The van der Waals surface area contributed by atoms with Gasteiger partial charge in [0.1, 0.15) is 5.75 Å². The van der Waals surface area contributed by atoms with Crippen LogP contribution >= 0.6 is 11.6 Å². The van der Waals surface area contributed by atoms with Gasteiger partial charge in [0, 0.05) is 5.38 Å². The Bertz CT molecular complexity index is 331. The van der Waals surface area contributed by atoms with Gasteiger partial charge in [-0.15, -0.1) is 11.6 Å². The summed E-state index contributed by atoms with van der Waals surface area (Å²) in [6.07, 6.45) is 2.00. The molecule has 0 N–H and O–H groups in total. The second kappa shape index (κ2) is 5.58. The molecular weight excluding hydrogens is 220 g/mol. The predicted molar refractivity (Wildman–Crippen MR) is 70.4 cm³/mol. The first-order valence-corrected chi connectivity index (χ1v) is 6.14. The maximum atomic E-state index is 6.07. The average molecular weight is 241 g/mol. The van der Waals surface area contributed by atoms with Crippen molar-refractivity contribution in [2.45, 2.75) is 39.0 Å². The van der Waals surface area contributed by atoms with Gasteiger partial charge in [-0.3, -0.25) is 0 Å². The molecular formula is C14H21ClO. The standard InChI is InChI=1S/C14H21ClO/c1-11(15)9-14(2,3)10-12-7-5-6-8-13(12)16-4/h5-8,11H,9-10H2,1-4H3. The van der Waals surface area contributed by atoms with E-state index in [0.717, 1.165) is 18.6 Å². The van der Waals surface area contributed by atoms with Gasteiger partial charge in [0.2, 0.25) is 0 Å². The Morgan fingerprint density at radius 2 is 1.94 bits per heavy atom. The Balaban J connectivity index is 2.78. The molecule has 0 fully saturated rings. The van der Waals surface area contributed by atoms with Gasteiger partial charge in [0.25, 0.3) is 0 Å². The van der Waals surface area contributed by atoms with Gasteiger partial charge in [-0.1, -0.05) is 32.0 Å². The number of rotatable bonds is 5. The Hall–Kier alpha value is -0.690. The minimum absolute atomic E-state index is 0.204. The highest BCUT2D eigenvalue weighted by molar-refractivity contribution is 6.20. The maximum absolute atomic E-state index is 6.07. The third kappa shape index (κ3) is 4.05. The number of methoxy groups -OCH3 is 1. The first-order valence-electron chi connectivity index (χ1n) is 5.70. The fourth-order valence-corrected chi connectivity index (χ4v) is 2.62. The van der Waals surface area contributed by atoms with Crippen LogP contribution < -0.4 is 4.74 Å². The third-order valence-corrected chi connectivity index (χ3v) is 2.85. The van der Waals surface area contributed by atoms with Gasteiger partial charge in [0.15, 0.2) is 0 Å².